The largest absolute Gasteiger partial charge is 0.392 e. The zero-order valence-electron chi connectivity index (χ0n) is 7.72. The van der Waals surface area contributed by atoms with Crippen LogP contribution < -0.4 is 0 Å². The molecule has 0 aromatic carbocycles. The van der Waals surface area contributed by atoms with E-state index in [1.54, 1.807) is 0 Å². The van der Waals surface area contributed by atoms with Gasteiger partial charge in [-0.05, 0) is 25.8 Å². The molecule has 0 aromatic rings. The lowest BCUT2D eigenvalue weighted by molar-refractivity contribution is 0.326. The molecule has 0 aliphatic carbocycles. The first-order valence-corrected chi connectivity index (χ1v) is 4.14. The fraction of sp³-hybridized carbons (Fsp3) is 0.600. The highest BCUT2D eigenvalue weighted by atomic mass is 16.3. The van der Waals surface area contributed by atoms with E-state index < -0.39 is 0 Å². The summed E-state index contributed by atoms with van der Waals surface area (Å²) in [4.78, 5) is 0. The summed E-state index contributed by atoms with van der Waals surface area (Å²) in [6.45, 7) is 6.42. The van der Waals surface area contributed by atoms with Crippen LogP contribution in [0.5, 0.6) is 0 Å². The molecule has 0 heterocycles. The molecule has 0 aromatic heterocycles. The summed E-state index contributed by atoms with van der Waals surface area (Å²) in [6.07, 6.45) is 6.16. The highest BCUT2D eigenvalue weighted by Crippen LogP contribution is 2.04. The van der Waals surface area contributed by atoms with Gasteiger partial charge in [0.15, 0.2) is 0 Å². The Kier molecular flexibility index (Phi) is 5.86. The molecule has 0 aliphatic heterocycles. The first-order chi connectivity index (χ1) is 5.20. The van der Waals surface area contributed by atoms with Crippen molar-refractivity contribution in [2.45, 2.75) is 33.6 Å². The predicted octanol–water partition coefficient (Wildman–Crippen LogP) is 2.67. The van der Waals surface area contributed by atoms with Gasteiger partial charge in [0.25, 0.3) is 0 Å². The fourth-order valence-electron chi connectivity index (χ4n) is 0.821. The number of aliphatic hydroxyl groups excluding tert-OH is 1. The van der Waals surface area contributed by atoms with Crippen LogP contribution in [-0.4, -0.2) is 11.7 Å². The van der Waals surface area contributed by atoms with Gasteiger partial charge in [0.1, 0.15) is 0 Å². The maximum atomic E-state index is 8.87. The lowest BCUT2D eigenvalue weighted by Crippen LogP contribution is -1.88. The zero-order valence-corrected chi connectivity index (χ0v) is 7.72. The molecule has 0 atom stereocenters. The van der Waals surface area contributed by atoms with E-state index in [0.29, 0.717) is 0 Å². The molecule has 0 aliphatic rings. The first kappa shape index (κ1) is 10.4. The Hall–Kier alpha value is -0.560. The van der Waals surface area contributed by atoms with Gasteiger partial charge in [-0.15, -0.1) is 0 Å². The maximum absolute atomic E-state index is 8.87. The monoisotopic (exact) mass is 154 g/mol. The van der Waals surface area contributed by atoms with Gasteiger partial charge < -0.3 is 5.11 Å². The molecule has 0 radical (unpaired) electrons. The quantitative estimate of drug-likeness (QED) is 0.617. The van der Waals surface area contributed by atoms with Crippen molar-refractivity contribution in [3.05, 3.63) is 23.3 Å². The van der Waals surface area contributed by atoms with Gasteiger partial charge in [0, 0.05) is 0 Å². The molecular weight excluding hydrogens is 136 g/mol. The number of aliphatic hydroxyl groups is 1. The zero-order chi connectivity index (χ0) is 8.69. The van der Waals surface area contributed by atoms with E-state index in [-0.39, 0.29) is 6.61 Å². The second-order valence-electron chi connectivity index (χ2n) is 2.98. The first-order valence-electron chi connectivity index (χ1n) is 4.14. The van der Waals surface area contributed by atoms with Crippen LogP contribution in [0.1, 0.15) is 33.6 Å². The molecule has 0 bridgehead atoms. The van der Waals surface area contributed by atoms with Gasteiger partial charge in [0.05, 0.1) is 6.61 Å². The van der Waals surface area contributed by atoms with Crippen molar-refractivity contribution >= 4 is 0 Å². The third kappa shape index (κ3) is 5.86. The van der Waals surface area contributed by atoms with Crippen LogP contribution >= 0.6 is 0 Å². The molecule has 1 nitrogen and oxygen atoms in total. The average Bonchev–Trinajstić information content (AvgIpc) is 1.97. The number of allylic oxidation sites excluding steroid dienone is 3. The smallest absolute Gasteiger partial charge is 0.0644 e. The summed E-state index contributed by atoms with van der Waals surface area (Å²) < 4.78 is 0. The van der Waals surface area contributed by atoms with Gasteiger partial charge in [-0.3, -0.25) is 0 Å². The molecule has 64 valence electrons. The number of hydrogen-bond acceptors (Lipinski definition) is 1. The molecule has 0 amide bonds. The molecule has 0 saturated heterocycles. The van der Waals surface area contributed by atoms with E-state index in [9.17, 15) is 0 Å². The van der Waals surface area contributed by atoms with Gasteiger partial charge in [-0.1, -0.05) is 31.1 Å². The standard InChI is InChI=1S/C10H18O/c1-4-5-10(8-11)7-6-9(2)3/h6-7,11H,4-5,8H2,1-3H3/b10-7+. The summed E-state index contributed by atoms with van der Waals surface area (Å²) in [5.41, 5.74) is 2.39. The summed E-state index contributed by atoms with van der Waals surface area (Å²) >= 11 is 0. The lowest BCUT2D eigenvalue weighted by atomic mass is 10.1. The Labute approximate surface area is 69.4 Å². The van der Waals surface area contributed by atoms with Gasteiger partial charge >= 0.3 is 0 Å². The third-order valence-electron chi connectivity index (χ3n) is 1.43. The average molecular weight is 154 g/mol. The van der Waals surface area contributed by atoms with Gasteiger partial charge in [0.2, 0.25) is 0 Å². The van der Waals surface area contributed by atoms with Crippen molar-refractivity contribution in [2.24, 2.45) is 0 Å². The lowest BCUT2D eigenvalue weighted by Gasteiger charge is -1.98. The van der Waals surface area contributed by atoms with Crippen molar-refractivity contribution in [2.75, 3.05) is 6.61 Å². The Morgan fingerprint density at radius 1 is 1.27 bits per heavy atom. The summed E-state index contributed by atoms with van der Waals surface area (Å²) in [6, 6.07) is 0. The highest BCUT2D eigenvalue weighted by Gasteiger charge is 1.90. The van der Waals surface area contributed by atoms with Crippen molar-refractivity contribution < 1.29 is 5.11 Å². The molecular formula is C10H18O. The molecule has 0 saturated carbocycles. The maximum Gasteiger partial charge on any atom is 0.0644 e. The summed E-state index contributed by atoms with van der Waals surface area (Å²) in [5.74, 6) is 0. The van der Waals surface area contributed by atoms with Crippen LogP contribution in [0.25, 0.3) is 0 Å². The van der Waals surface area contributed by atoms with E-state index in [1.165, 1.54) is 5.57 Å². The molecule has 0 fully saturated rings. The molecule has 1 heteroatoms. The predicted molar refractivity (Wildman–Crippen MR) is 49.5 cm³/mol. The Morgan fingerprint density at radius 3 is 2.27 bits per heavy atom. The molecule has 0 spiro atoms. The molecule has 11 heavy (non-hydrogen) atoms. The summed E-state index contributed by atoms with van der Waals surface area (Å²) in [5, 5.41) is 8.87. The Balaban J connectivity index is 4.00. The van der Waals surface area contributed by atoms with E-state index in [1.807, 2.05) is 12.2 Å². The van der Waals surface area contributed by atoms with Crippen LogP contribution in [0, 0.1) is 0 Å². The fourth-order valence-corrected chi connectivity index (χ4v) is 0.821. The van der Waals surface area contributed by atoms with Crippen LogP contribution in [0.4, 0.5) is 0 Å². The van der Waals surface area contributed by atoms with Crippen LogP contribution in [-0.2, 0) is 0 Å². The molecule has 0 unspecified atom stereocenters. The minimum absolute atomic E-state index is 0.192. The van der Waals surface area contributed by atoms with Crippen LogP contribution in [0.15, 0.2) is 23.3 Å². The van der Waals surface area contributed by atoms with Crippen LogP contribution in [0.3, 0.4) is 0 Å². The Bertz CT molecular complexity index is 150. The van der Waals surface area contributed by atoms with Crippen molar-refractivity contribution in [1.82, 2.24) is 0 Å². The normalized spacial score (nSPS) is 11.5. The highest BCUT2D eigenvalue weighted by molar-refractivity contribution is 5.15. The van der Waals surface area contributed by atoms with E-state index in [2.05, 4.69) is 20.8 Å². The topological polar surface area (TPSA) is 20.2 Å². The summed E-state index contributed by atoms with van der Waals surface area (Å²) in [7, 11) is 0. The van der Waals surface area contributed by atoms with Gasteiger partial charge in [-0.2, -0.15) is 0 Å². The SMILES string of the molecule is CCC/C(=C\C=C(C)C)CO. The van der Waals surface area contributed by atoms with Crippen LogP contribution in [0.2, 0.25) is 0 Å². The minimum atomic E-state index is 0.192. The molecule has 1 N–H and O–H groups in total. The second-order valence-corrected chi connectivity index (χ2v) is 2.98. The number of hydrogen-bond donors (Lipinski definition) is 1. The number of rotatable bonds is 4. The van der Waals surface area contributed by atoms with E-state index in [0.717, 1.165) is 18.4 Å². The van der Waals surface area contributed by atoms with Gasteiger partial charge in [-0.25, -0.2) is 0 Å². The second kappa shape index (κ2) is 6.17. The van der Waals surface area contributed by atoms with E-state index in [4.69, 9.17) is 5.11 Å². The van der Waals surface area contributed by atoms with E-state index >= 15 is 0 Å². The Morgan fingerprint density at radius 2 is 1.91 bits per heavy atom. The molecule has 0 rings (SSSR count). The minimum Gasteiger partial charge on any atom is -0.392 e. The van der Waals surface area contributed by atoms with Crippen molar-refractivity contribution in [3.8, 4) is 0 Å². The third-order valence-corrected chi connectivity index (χ3v) is 1.43. The van der Waals surface area contributed by atoms with Crippen molar-refractivity contribution in [3.63, 3.8) is 0 Å². The van der Waals surface area contributed by atoms with Crippen molar-refractivity contribution in [1.29, 1.82) is 0 Å².